The first-order chi connectivity index (χ1) is 6.67. The van der Waals surface area contributed by atoms with E-state index < -0.39 is 0 Å². The maximum atomic E-state index is 5.30. The Labute approximate surface area is 85.5 Å². The van der Waals surface area contributed by atoms with E-state index in [1.807, 2.05) is 24.0 Å². The van der Waals surface area contributed by atoms with E-state index in [0.717, 1.165) is 6.54 Å². The summed E-state index contributed by atoms with van der Waals surface area (Å²) < 4.78 is 1.91. The number of terminal acetylenes is 1. The summed E-state index contributed by atoms with van der Waals surface area (Å²) in [6.07, 6.45) is 9.22. The summed E-state index contributed by atoms with van der Waals surface area (Å²) in [5.74, 6) is 2.65. The van der Waals surface area contributed by atoms with Crippen LogP contribution in [0.25, 0.3) is 0 Å². The Bertz CT molecular complexity index is 322. The molecule has 0 fully saturated rings. The van der Waals surface area contributed by atoms with E-state index >= 15 is 0 Å². The van der Waals surface area contributed by atoms with E-state index in [2.05, 4.69) is 30.2 Å². The fourth-order valence-corrected chi connectivity index (χ4v) is 1.30. The lowest BCUT2D eigenvalue weighted by molar-refractivity contribution is 0.545. The fourth-order valence-electron chi connectivity index (χ4n) is 1.30. The van der Waals surface area contributed by atoms with Crippen molar-refractivity contribution in [3.05, 3.63) is 18.0 Å². The molecule has 3 heteroatoms. The first-order valence-corrected chi connectivity index (χ1v) is 4.92. The van der Waals surface area contributed by atoms with E-state index in [9.17, 15) is 0 Å². The minimum Gasteiger partial charge on any atom is -0.297 e. The number of aromatic nitrogens is 2. The Hall–Kier alpha value is -1.27. The molecule has 3 nitrogen and oxygen atoms in total. The monoisotopic (exact) mass is 191 g/mol. The molecule has 0 radical (unpaired) electrons. The van der Waals surface area contributed by atoms with Gasteiger partial charge in [0.15, 0.2) is 0 Å². The third-order valence-electron chi connectivity index (χ3n) is 2.23. The zero-order chi connectivity index (χ0) is 10.6. The summed E-state index contributed by atoms with van der Waals surface area (Å²) in [5.41, 5.74) is 1.17. The van der Waals surface area contributed by atoms with Gasteiger partial charge in [-0.3, -0.25) is 10.00 Å². The predicted octanol–water partition coefficient (Wildman–Crippen LogP) is 1.58. The van der Waals surface area contributed by atoms with Crippen LogP contribution in [0, 0.1) is 12.3 Å². The van der Waals surface area contributed by atoms with Crippen LogP contribution in [-0.2, 0) is 6.54 Å². The second-order valence-corrected chi connectivity index (χ2v) is 3.41. The van der Waals surface area contributed by atoms with Crippen molar-refractivity contribution in [1.29, 1.82) is 0 Å². The predicted molar refractivity (Wildman–Crippen MR) is 57.7 cm³/mol. The standard InChI is InChI=1S/C11H17N3/c1-5-9(3)13-10(4)11-7-12-14(6-2)8-11/h1,7-10,13H,6H2,2-4H3. The molecule has 14 heavy (non-hydrogen) atoms. The molecular weight excluding hydrogens is 174 g/mol. The highest BCUT2D eigenvalue weighted by atomic mass is 15.3. The molecule has 76 valence electrons. The highest BCUT2D eigenvalue weighted by Gasteiger charge is 2.09. The van der Waals surface area contributed by atoms with Crippen molar-refractivity contribution in [3.63, 3.8) is 0 Å². The van der Waals surface area contributed by atoms with Gasteiger partial charge in [0.05, 0.1) is 12.2 Å². The van der Waals surface area contributed by atoms with Gasteiger partial charge in [0.1, 0.15) is 0 Å². The van der Waals surface area contributed by atoms with Crippen LogP contribution in [0.2, 0.25) is 0 Å². The van der Waals surface area contributed by atoms with Gasteiger partial charge in [-0.2, -0.15) is 5.10 Å². The van der Waals surface area contributed by atoms with Crippen molar-refractivity contribution in [3.8, 4) is 12.3 Å². The minimum absolute atomic E-state index is 0.0926. The number of rotatable bonds is 4. The molecule has 2 unspecified atom stereocenters. The summed E-state index contributed by atoms with van der Waals surface area (Å²) in [5, 5.41) is 7.51. The molecule has 0 spiro atoms. The zero-order valence-corrected chi connectivity index (χ0v) is 8.99. The van der Waals surface area contributed by atoms with Crippen molar-refractivity contribution in [1.82, 2.24) is 15.1 Å². The van der Waals surface area contributed by atoms with Crippen molar-refractivity contribution < 1.29 is 0 Å². The zero-order valence-electron chi connectivity index (χ0n) is 8.99. The number of hydrogen-bond donors (Lipinski definition) is 1. The largest absolute Gasteiger partial charge is 0.297 e. The topological polar surface area (TPSA) is 29.9 Å². The fraction of sp³-hybridized carbons (Fsp3) is 0.545. The smallest absolute Gasteiger partial charge is 0.0662 e. The van der Waals surface area contributed by atoms with E-state index in [4.69, 9.17) is 6.42 Å². The lowest BCUT2D eigenvalue weighted by Crippen LogP contribution is -2.27. The lowest BCUT2D eigenvalue weighted by atomic mass is 10.1. The Morgan fingerprint density at radius 2 is 2.36 bits per heavy atom. The summed E-state index contributed by atoms with van der Waals surface area (Å²) in [4.78, 5) is 0. The Balaban J connectivity index is 2.61. The number of aryl methyl sites for hydroxylation is 1. The third kappa shape index (κ3) is 2.61. The Morgan fingerprint density at radius 1 is 1.64 bits per heavy atom. The Kier molecular flexibility index (Phi) is 3.73. The van der Waals surface area contributed by atoms with Gasteiger partial charge in [-0.25, -0.2) is 0 Å². The summed E-state index contributed by atoms with van der Waals surface area (Å²) in [7, 11) is 0. The van der Waals surface area contributed by atoms with Crippen LogP contribution in [0.1, 0.15) is 32.4 Å². The molecule has 0 aliphatic rings. The maximum Gasteiger partial charge on any atom is 0.0662 e. The molecule has 1 heterocycles. The molecule has 0 amide bonds. The van der Waals surface area contributed by atoms with Crippen molar-refractivity contribution >= 4 is 0 Å². The molecule has 0 aliphatic heterocycles. The third-order valence-corrected chi connectivity index (χ3v) is 2.23. The van der Waals surface area contributed by atoms with Crippen LogP contribution in [0.5, 0.6) is 0 Å². The maximum absolute atomic E-state index is 5.30. The van der Waals surface area contributed by atoms with Crippen LogP contribution in [0.4, 0.5) is 0 Å². The van der Waals surface area contributed by atoms with Crippen LogP contribution in [0.15, 0.2) is 12.4 Å². The van der Waals surface area contributed by atoms with Crippen LogP contribution in [0.3, 0.4) is 0 Å². The van der Waals surface area contributed by atoms with Crippen molar-refractivity contribution in [2.24, 2.45) is 0 Å². The van der Waals surface area contributed by atoms with Gasteiger partial charge in [0.2, 0.25) is 0 Å². The molecule has 2 atom stereocenters. The van der Waals surface area contributed by atoms with Crippen molar-refractivity contribution in [2.45, 2.75) is 39.4 Å². The molecular formula is C11H17N3. The second kappa shape index (κ2) is 4.83. The highest BCUT2D eigenvalue weighted by Crippen LogP contribution is 2.11. The van der Waals surface area contributed by atoms with Gasteiger partial charge in [-0.05, 0) is 20.8 Å². The van der Waals surface area contributed by atoms with Gasteiger partial charge in [-0.1, -0.05) is 5.92 Å². The number of nitrogens with zero attached hydrogens (tertiary/aromatic N) is 2. The first-order valence-electron chi connectivity index (χ1n) is 4.92. The summed E-state index contributed by atoms with van der Waals surface area (Å²) >= 11 is 0. The molecule has 0 saturated heterocycles. The SMILES string of the molecule is C#CC(C)NC(C)c1cnn(CC)c1. The summed E-state index contributed by atoms with van der Waals surface area (Å²) in [6.45, 7) is 7.03. The van der Waals surface area contributed by atoms with Gasteiger partial charge >= 0.3 is 0 Å². The number of hydrogen-bond acceptors (Lipinski definition) is 2. The average molecular weight is 191 g/mol. The molecule has 1 aromatic rings. The Morgan fingerprint density at radius 3 is 2.86 bits per heavy atom. The van der Waals surface area contributed by atoms with E-state index in [1.54, 1.807) is 0 Å². The van der Waals surface area contributed by atoms with Gasteiger partial charge < -0.3 is 0 Å². The van der Waals surface area contributed by atoms with Crippen LogP contribution >= 0.6 is 0 Å². The molecule has 1 aromatic heterocycles. The molecule has 0 bridgehead atoms. The van der Waals surface area contributed by atoms with E-state index in [0.29, 0.717) is 0 Å². The minimum atomic E-state index is 0.0926. The van der Waals surface area contributed by atoms with Gasteiger partial charge in [0, 0.05) is 24.3 Å². The molecule has 0 saturated carbocycles. The van der Waals surface area contributed by atoms with Crippen LogP contribution < -0.4 is 5.32 Å². The molecule has 1 rings (SSSR count). The highest BCUT2D eigenvalue weighted by molar-refractivity contribution is 5.11. The number of nitrogens with one attached hydrogen (secondary N) is 1. The first kappa shape index (κ1) is 10.8. The van der Waals surface area contributed by atoms with E-state index in [1.165, 1.54) is 5.56 Å². The van der Waals surface area contributed by atoms with E-state index in [-0.39, 0.29) is 12.1 Å². The second-order valence-electron chi connectivity index (χ2n) is 3.41. The summed E-state index contributed by atoms with van der Waals surface area (Å²) in [6, 6.07) is 0.344. The molecule has 1 N–H and O–H groups in total. The lowest BCUT2D eigenvalue weighted by Gasteiger charge is -2.14. The quantitative estimate of drug-likeness (QED) is 0.732. The molecule has 0 aromatic carbocycles. The van der Waals surface area contributed by atoms with Gasteiger partial charge in [-0.15, -0.1) is 6.42 Å². The van der Waals surface area contributed by atoms with Gasteiger partial charge in [0.25, 0.3) is 0 Å². The van der Waals surface area contributed by atoms with Crippen LogP contribution in [-0.4, -0.2) is 15.8 Å². The molecule has 0 aliphatic carbocycles. The average Bonchev–Trinajstić information content (AvgIpc) is 2.65. The normalized spacial score (nSPS) is 14.7. The van der Waals surface area contributed by atoms with Crippen molar-refractivity contribution in [2.75, 3.05) is 0 Å².